The van der Waals surface area contributed by atoms with Crippen molar-refractivity contribution in [3.63, 3.8) is 0 Å². The van der Waals surface area contributed by atoms with E-state index in [0.717, 1.165) is 24.3 Å². The second-order valence-electron chi connectivity index (χ2n) is 12.9. The summed E-state index contributed by atoms with van der Waals surface area (Å²) in [5, 5.41) is 0. The maximum Gasteiger partial charge on any atom is 0.475 e. The molecule has 1 aliphatic heterocycles. The van der Waals surface area contributed by atoms with Gasteiger partial charge in [-0.2, -0.15) is 0 Å². The van der Waals surface area contributed by atoms with Crippen LogP contribution in [0.15, 0.2) is 24.3 Å². The summed E-state index contributed by atoms with van der Waals surface area (Å²) < 4.78 is 30.2. The monoisotopic (exact) mass is 461 g/mol. The first-order valence-corrected chi connectivity index (χ1v) is 18.9. The highest BCUT2D eigenvalue weighted by molar-refractivity contribution is 6.90. The molecule has 3 aliphatic carbocycles. The van der Waals surface area contributed by atoms with Gasteiger partial charge >= 0.3 is 7.12 Å². The largest absolute Gasteiger partial charge is 0.475 e. The Labute approximate surface area is 191 Å². The summed E-state index contributed by atoms with van der Waals surface area (Å²) in [6.45, 7) is 21.8. The Hall–Kier alpha value is -0.471. The first-order valence-electron chi connectivity index (χ1n) is 12.0. The van der Waals surface area contributed by atoms with Crippen molar-refractivity contribution >= 4 is 23.6 Å². The highest BCUT2D eigenvalue weighted by atomic mass is 28.4. The summed E-state index contributed by atoms with van der Waals surface area (Å²) in [6.07, 6.45) is 3.40. The number of benzene rings is 1. The van der Waals surface area contributed by atoms with E-state index in [1.165, 1.54) is 6.42 Å². The second-order valence-corrected chi connectivity index (χ2v) is 23.0. The van der Waals surface area contributed by atoms with Crippen LogP contribution in [-0.2, 0) is 15.7 Å². The summed E-state index contributed by atoms with van der Waals surface area (Å²) in [7, 11) is -3.56. The Morgan fingerprint density at radius 3 is 2.13 bits per heavy atom. The van der Waals surface area contributed by atoms with Crippen LogP contribution in [0.5, 0.6) is 0 Å². The molecule has 4 aliphatic rings. The van der Waals surface area contributed by atoms with Gasteiger partial charge in [0.05, 0.1) is 11.7 Å². The van der Waals surface area contributed by atoms with E-state index in [2.05, 4.69) is 64.3 Å². The van der Waals surface area contributed by atoms with Crippen molar-refractivity contribution in [1.82, 2.24) is 4.23 Å². The van der Waals surface area contributed by atoms with E-state index < -0.39 is 16.5 Å². The minimum Gasteiger partial charge on any atom is -0.404 e. The lowest BCUT2D eigenvalue weighted by molar-refractivity contribution is -0.199. The van der Waals surface area contributed by atoms with Gasteiger partial charge in [-0.25, -0.2) is 4.39 Å². The zero-order chi connectivity index (χ0) is 23.0. The van der Waals surface area contributed by atoms with Gasteiger partial charge in [0.2, 0.25) is 0 Å². The van der Waals surface area contributed by atoms with Gasteiger partial charge in [-0.3, -0.25) is 0 Å². The maximum absolute atomic E-state index is 13.6. The molecule has 1 heterocycles. The van der Waals surface area contributed by atoms with Crippen LogP contribution in [0.1, 0.15) is 39.2 Å². The van der Waals surface area contributed by atoms with Crippen molar-refractivity contribution in [2.75, 3.05) is 0 Å². The van der Waals surface area contributed by atoms with Crippen molar-refractivity contribution in [3.8, 4) is 0 Å². The number of nitrogens with zero attached hydrogens (tertiary/aromatic N) is 1. The maximum atomic E-state index is 13.6. The molecule has 1 aromatic carbocycles. The molecule has 1 aromatic rings. The number of hydrogen-bond acceptors (Lipinski definition) is 3. The van der Waals surface area contributed by atoms with Gasteiger partial charge in [-0.05, 0) is 61.1 Å². The van der Waals surface area contributed by atoms with E-state index in [1.54, 1.807) is 12.1 Å². The van der Waals surface area contributed by atoms with Crippen LogP contribution >= 0.6 is 0 Å². The molecular formula is C24H41BFNO2Si2. The van der Waals surface area contributed by atoms with Crippen LogP contribution in [0.3, 0.4) is 0 Å². The average molecular weight is 462 g/mol. The Bertz CT molecular complexity index is 808. The third-order valence-electron chi connectivity index (χ3n) is 8.42. The molecule has 4 fully saturated rings. The lowest BCUT2D eigenvalue weighted by atomic mass is 9.43. The van der Waals surface area contributed by atoms with Crippen molar-refractivity contribution in [1.29, 1.82) is 0 Å². The molecule has 2 bridgehead atoms. The molecular weight excluding hydrogens is 420 g/mol. The molecule has 0 aromatic heterocycles. The van der Waals surface area contributed by atoms with Gasteiger partial charge in [-0.15, -0.1) is 0 Å². The molecule has 0 N–H and O–H groups in total. The average Bonchev–Trinajstić information content (AvgIpc) is 2.97. The zero-order valence-electron chi connectivity index (χ0n) is 21.0. The van der Waals surface area contributed by atoms with Gasteiger partial charge in [0.15, 0.2) is 0 Å². The van der Waals surface area contributed by atoms with Crippen LogP contribution in [0.25, 0.3) is 0 Å². The van der Waals surface area contributed by atoms with Gasteiger partial charge in [0.1, 0.15) is 22.3 Å². The van der Waals surface area contributed by atoms with Crippen molar-refractivity contribution < 1.29 is 13.7 Å². The van der Waals surface area contributed by atoms with E-state index in [-0.39, 0.29) is 30.6 Å². The first kappa shape index (κ1) is 23.7. The highest BCUT2D eigenvalue weighted by Crippen LogP contribution is 2.65. The molecule has 0 unspecified atom stereocenters. The van der Waals surface area contributed by atoms with Crippen molar-refractivity contribution in [2.24, 2.45) is 17.3 Å². The number of halogens is 1. The lowest BCUT2D eigenvalue weighted by Crippen LogP contribution is -2.68. The fraction of sp³-hybridized carbons (Fsp3) is 0.750. The molecule has 7 heteroatoms. The number of hydrogen-bond donors (Lipinski definition) is 0. The van der Waals surface area contributed by atoms with Crippen LogP contribution in [-0.4, -0.2) is 45.5 Å². The van der Waals surface area contributed by atoms with Crippen LogP contribution in [0, 0.1) is 23.1 Å². The quantitative estimate of drug-likeness (QED) is 0.487. The van der Waals surface area contributed by atoms with E-state index >= 15 is 0 Å². The Balaban J connectivity index is 1.68. The van der Waals surface area contributed by atoms with Gasteiger partial charge in [0, 0.05) is 5.94 Å². The summed E-state index contributed by atoms with van der Waals surface area (Å²) in [5.74, 6) is 1.29. The zero-order valence-corrected chi connectivity index (χ0v) is 23.0. The molecule has 3 saturated carbocycles. The molecule has 5 rings (SSSR count). The predicted octanol–water partition coefficient (Wildman–Crippen LogP) is 5.98. The van der Waals surface area contributed by atoms with Crippen molar-refractivity contribution in [3.05, 3.63) is 35.6 Å². The molecule has 31 heavy (non-hydrogen) atoms. The summed E-state index contributed by atoms with van der Waals surface area (Å²) in [4.78, 5) is 0. The molecule has 0 radical (unpaired) electrons. The molecule has 172 valence electrons. The second kappa shape index (κ2) is 7.52. The molecule has 1 saturated heterocycles. The van der Waals surface area contributed by atoms with E-state index in [0.29, 0.717) is 11.3 Å². The summed E-state index contributed by atoms with van der Waals surface area (Å²) in [5.41, 5.74) is 1.30. The van der Waals surface area contributed by atoms with E-state index in [1.807, 2.05) is 12.1 Å². The fourth-order valence-corrected chi connectivity index (χ4v) is 17.7. The highest BCUT2D eigenvalue weighted by Gasteiger charge is 2.69. The molecule has 3 nitrogen and oxygen atoms in total. The van der Waals surface area contributed by atoms with Crippen molar-refractivity contribution in [2.45, 2.75) is 97.0 Å². The predicted molar refractivity (Wildman–Crippen MR) is 133 cm³/mol. The normalized spacial score (nSPS) is 33.3. The molecule has 0 amide bonds. The Morgan fingerprint density at radius 2 is 1.61 bits per heavy atom. The molecule has 0 spiro atoms. The Kier molecular flexibility index (Phi) is 5.74. The fourth-order valence-electron chi connectivity index (χ4n) is 7.24. The number of rotatable bonds is 6. The minimum atomic E-state index is -1.66. The van der Waals surface area contributed by atoms with Crippen LogP contribution in [0.2, 0.25) is 39.3 Å². The summed E-state index contributed by atoms with van der Waals surface area (Å²) >= 11 is 0. The topological polar surface area (TPSA) is 21.7 Å². The van der Waals surface area contributed by atoms with Gasteiger partial charge in [-0.1, -0.05) is 65.3 Å². The summed E-state index contributed by atoms with van der Waals surface area (Å²) in [6, 6.07) is 7.01. The van der Waals surface area contributed by atoms with E-state index in [9.17, 15) is 4.39 Å². The third-order valence-corrected chi connectivity index (χ3v) is 16.0. The minimum absolute atomic E-state index is 0.159. The standard InChI is InChI=1S/C24H41BFNO2Si2/c1-23(2)18-15-20(23)24(3)21(16-18)28-25(29-24)22(14-17-10-12-19(26)13-11-17)27(30(4,5)6)31(7,8)9/h10-13,18,20-22H,14-16H2,1-9H3/t18-,20-,21+,22-,24-/m0/s1. The van der Waals surface area contributed by atoms with Gasteiger partial charge < -0.3 is 13.5 Å². The SMILES string of the molecule is CC1(C)[C@@H]2C[C@H]3OB([C@H](Cc4ccc(F)cc4)N([Si](C)(C)C)[Si](C)(C)C)O[C@@]3(C)[C@H]1C2. The smallest absolute Gasteiger partial charge is 0.404 e. The van der Waals surface area contributed by atoms with E-state index in [4.69, 9.17) is 9.31 Å². The Morgan fingerprint density at radius 1 is 1.03 bits per heavy atom. The lowest BCUT2D eigenvalue weighted by Gasteiger charge is -2.64. The van der Waals surface area contributed by atoms with Crippen LogP contribution in [0.4, 0.5) is 4.39 Å². The first-order chi connectivity index (χ1) is 14.1. The van der Waals surface area contributed by atoms with Crippen LogP contribution < -0.4 is 0 Å². The third kappa shape index (κ3) is 4.03. The molecule has 5 atom stereocenters. The van der Waals surface area contributed by atoms with Gasteiger partial charge in [0.25, 0.3) is 0 Å².